The van der Waals surface area contributed by atoms with Crippen LogP contribution in [0.5, 0.6) is 0 Å². The van der Waals surface area contributed by atoms with E-state index in [4.69, 9.17) is 6.42 Å². The molecular weight excluding hydrogens is 226 g/mol. The summed E-state index contributed by atoms with van der Waals surface area (Å²) in [4.78, 5) is 0. The van der Waals surface area contributed by atoms with E-state index >= 15 is 0 Å². The highest BCUT2D eigenvalue weighted by atomic mass is 32.2. The fraction of sp³-hybridized carbons (Fsp3) is 0.867. The van der Waals surface area contributed by atoms with Gasteiger partial charge in [0, 0.05) is 18.3 Å². The average Bonchev–Trinajstić information content (AvgIpc) is 2.28. The molecule has 0 aliphatic heterocycles. The van der Waals surface area contributed by atoms with Crippen molar-refractivity contribution in [2.75, 3.05) is 18.1 Å². The Hall–Kier alpha value is -0.130. The normalized spacial score (nSPS) is 25.5. The Kier molecular flexibility index (Phi) is 6.44. The van der Waals surface area contributed by atoms with Crippen molar-refractivity contribution < 1.29 is 0 Å². The van der Waals surface area contributed by atoms with E-state index in [-0.39, 0.29) is 0 Å². The molecule has 1 aliphatic rings. The van der Waals surface area contributed by atoms with E-state index in [0.717, 1.165) is 30.0 Å². The van der Waals surface area contributed by atoms with Crippen molar-refractivity contribution in [3.63, 3.8) is 0 Å². The molecule has 0 aromatic rings. The summed E-state index contributed by atoms with van der Waals surface area (Å²) in [5, 5.41) is 3.75. The predicted molar refractivity (Wildman–Crippen MR) is 79.4 cm³/mol. The highest BCUT2D eigenvalue weighted by Gasteiger charge is 2.33. The van der Waals surface area contributed by atoms with Gasteiger partial charge in [-0.3, -0.25) is 0 Å². The monoisotopic (exact) mass is 253 g/mol. The van der Waals surface area contributed by atoms with Crippen molar-refractivity contribution in [3.8, 4) is 12.3 Å². The van der Waals surface area contributed by atoms with Gasteiger partial charge in [0.05, 0.1) is 5.75 Å². The molecule has 1 N–H and O–H groups in total. The van der Waals surface area contributed by atoms with Crippen LogP contribution in [0, 0.1) is 23.7 Å². The summed E-state index contributed by atoms with van der Waals surface area (Å²) in [6.45, 7) is 8.24. The van der Waals surface area contributed by atoms with E-state index in [1.54, 1.807) is 0 Å². The van der Waals surface area contributed by atoms with Crippen molar-refractivity contribution in [1.82, 2.24) is 5.32 Å². The van der Waals surface area contributed by atoms with E-state index in [2.05, 4.69) is 32.0 Å². The number of hydrogen-bond donors (Lipinski definition) is 1. The van der Waals surface area contributed by atoms with Gasteiger partial charge in [0.25, 0.3) is 0 Å². The van der Waals surface area contributed by atoms with E-state index in [9.17, 15) is 0 Å². The van der Waals surface area contributed by atoms with E-state index in [0.29, 0.717) is 5.41 Å². The maximum atomic E-state index is 5.24. The summed E-state index contributed by atoms with van der Waals surface area (Å²) in [5.74, 6) is 5.48. The lowest BCUT2D eigenvalue weighted by Crippen LogP contribution is -2.44. The fourth-order valence-electron chi connectivity index (χ4n) is 2.86. The van der Waals surface area contributed by atoms with Crippen molar-refractivity contribution in [1.29, 1.82) is 0 Å². The molecule has 0 radical (unpaired) electrons. The number of terminal acetylenes is 1. The molecule has 0 amide bonds. The van der Waals surface area contributed by atoms with E-state index < -0.39 is 0 Å². The Bertz CT molecular complexity index is 249. The summed E-state index contributed by atoms with van der Waals surface area (Å²) in [5.41, 5.74) is 0.435. The van der Waals surface area contributed by atoms with Gasteiger partial charge >= 0.3 is 0 Å². The Morgan fingerprint density at radius 2 is 2.00 bits per heavy atom. The maximum Gasteiger partial charge on any atom is 0.0545 e. The third-order valence-electron chi connectivity index (χ3n) is 3.72. The Balaban J connectivity index is 2.31. The number of rotatable bonds is 5. The molecule has 0 bridgehead atoms. The summed E-state index contributed by atoms with van der Waals surface area (Å²) in [6.07, 6.45) is 10.8. The van der Waals surface area contributed by atoms with Crippen LogP contribution in [0.1, 0.15) is 46.5 Å². The fourth-order valence-corrected chi connectivity index (χ4v) is 3.38. The van der Waals surface area contributed by atoms with Crippen LogP contribution in [0.2, 0.25) is 0 Å². The highest BCUT2D eigenvalue weighted by molar-refractivity contribution is 7.99. The SMILES string of the molecule is C#CCSCCNC1CCCCC1C(C)(C)C. The van der Waals surface area contributed by atoms with Gasteiger partial charge in [-0.2, -0.15) is 0 Å². The van der Waals surface area contributed by atoms with Crippen LogP contribution in [-0.2, 0) is 0 Å². The molecule has 2 atom stereocenters. The second kappa shape index (κ2) is 7.34. The first-order chi connectivity index (χ1) is 8.05. The lowest BCUT2D eigenvalue weighted by molar-refractivity contribution is 0.132. The van der Waals surface area contributed by atoms with Gasteiger partial charge in [0.2, 0.25) is 0 Å². The predicted octanol–water partition coefficient (Wildman–Crippen LogP) is 3.55. The summed E-state index contributed by atoms with van der Waals surface area (Å²) >= 11 is 1.85. The largest absolute Gasteiger partial charge is 0.313 e. The average molecular weight is 253 g/mol. The number of thioether (sulfide) groups is 1. The standard InChI is InChI=1S/C15H27NS/c1-5-11-17-12-10-16-14-9-7-6-8-13(14)15(2,3)4/h1,13-14,16H,6-12H2,2-4H3. The third kappa shape index (κ3) is 5.36. The van der Waals surface area contributed by atoms with Gasteiger partial charge < -0.3 is 5.32 Å². The lowest BCUT2D eigenvalue weighted by Gasteiger charge is -2.41. The Morgan fingerprint density at radius 3 is 2.65 bits per heavy atom. The van der Waals surface area contributed by atoms with E-state index in [1.807, 2.05) is 11.8 Å². The minimum atomic E-state index is 0.435. The number of hydrogen-bond acceptors (Lipinski definition) is 2. The highest BCUT2D eigenvalue weighted by Crippen LogP contribution is 2.37. The molecule has 17 heavy (non-hydrogen) atoms. The summed E-state index contributed by atoms with van der Waals surface area (Å²) in [6, 6.07) is 0.718. The molecule has 2 heteroatoms. The topological polar surface area (TPSA) is 12.0 Å². The molecule has 1 saturated carbocycles. The molecule has 98 valence electrons. The first kappa shape index (κ1) is 14.9. The third-order valence-corrected chi connectivity index (χ3v) is 4.58. The Labute approximate surface area is 112 Å². The molecule has 0 aromatic heterocycles. The molecular formula is C15H27NS. The first-order valence-electron chi connectivity index (χ1n) is 6.80. The minimum absolute atomic E-state index is 0.435. The zero-order chi connectivity index (χ0) is 12.7. The van der Waals surface area contributed by atoms with Gasteiger partial charge in [-0.15, -0.1) is 18.2 Å². The first-order valence-corrected chi connectivity index (χ1v) is 7.96. The van der Waals surface area contributed by atoms with Crippen LogP contribution >= 0.6 is 11.8 Å². The molecule has 0 heterocycles. The maximum absolute atomic E-state index is 5.24. The van der Waals surface area contributed by atoms with Crippen LogP contribution in [0.3, 0.4) is 0 Å². The quantitative estimate of drug-likeness (QED) is 0.594. The molecule has 0 saturated heterocycles. The van der Waals surface area contributed by atoms with Gasteiger partial charge in [0.15, 0.2) is 0 Å². The van der Waals surface area contributed by atoms with Gasteiger partial charge in [-0.05, 0) is 24.2 Å². The second-order valence-corrected chi connectivity index (χ2v) is 7.18. The number of nitrogens with one attached hydrogen (secondary N) is 1. The molecule has 0 aromatic carbocycles. The molecule has 1 aliphatic carbocycles. The second-order valence-electron chi connectivity index (χ2n) is 6.07. The lowest BCUT2D eigenvalue weighted by atomic mass is 9.69. The van der Waals surface area contributed by atoms with Crippen LogP contribution in [-0.4, -0.2) is 24.1 Å². The van der Waals surface area contributed by atoms with Crippen LogP contribution in [0.25, 0.3) is 0 Å². The van der Waals surface area contributed by atoms with Gasteiger partial charge in [-0.25, -0.2) is 0 Å². The van der Waals surface area contributed by atoms with E-state index in [1.165, 1.54) is 25.7 Å². The summed E-state index contributed by atoms with van der Waals surface area (Å²) in [7, 11) is 0. The molecule has 0 spiro atoms. The van der Waals surface area contributed by atoms with Crippen molar-refractivity contribution >= 4 is 11.8 Å². The molecule has 1 fully saturated rings. The zero-order valence-electron chi connectivity index (χ0n) is 11.6. The van der Waals surface area contributed by atoms with Gasteiger partial charge in [0.1, 0.15) is 0 Å². The van der Waals surface area contributed by atoms with Crippen LogP contribution in [0.4, 0.5) is 0 Å². The van der Waals surface area contributed by atoms with Crippen molar-refractivity contribution in [2.24, 2.45) is 11.3 Å². The molecule has 2 unspecified atom stereocenters. The zero-order valence-corrected chi connectivity index (χ0v) is 12.4. The van der Waals surface area contributed by atoms with Crippen molar-refractivity contribution in [3.05, 3.63) is 0 Å². The van der Waals surface area contributed by atoms with Crippen molar-refractivity contribution in [2.45, 2.75) is 52.5 Å². The smallest absolute Gasteiger partial charge is 0.0545 e. The molecule has 1 nitrogen and oxygen atoms in total. The molecule has 1 rings (SSSR count). The summed E-state index contributed by atoms with van der Waals surface area (Å²) < 4.78 is 0. The van der Waals surface area contributed by atoms with Crippen LogP contribution in [0.15, 0.2) is 0 Å². The van der Waals surface area contributed by atoms with Crippen LogP contribution < -0.4 is 5.32 Å². The minimum Gasteiger partial charge on any atom is -0.313 e. The van der Waals surface area contributed by atoms with Gasteiger partial charge in [-0.1, -0.05) is 39.5 Å². The Morgan fingerprint density at radius 1 is 1.29 bits per heavy atom.